The second-order valence-electron chi connectivity index (χ2n) is 5.03. The van der Waals surface area contributed by atoms with Crippen LogP contribution in [0.4, 0.5) is 0 Å². The number of halogens is 3. The summed E-state index contributed by atoms with van der Waals surface area (Å²) in [5.74, 6) is 0.106. The molecule has 0 bridgehead atoms. The molecule has 0 saturated heterocycles. The van der Waals surface area contributed by atoms with E-state index in [1.807, 2.05) is 30.3 Å². The molecule has 1 heterocycles. The van der Waals surface area contributed by atoms with Crippen LogP contribution < -0.4 is 5.43 Å². The Morgan fingerprint density at radius 2 is 1.88 bits per heavy atom. The molecule has 132 valence electrons. The van der Waals surface area contributed by atoms with Crippen molar-refractivity contribution in [2.24, 2.45) is 5.10 Å². The lowest BCUT2D eigenvalue weighted by Gasteiger charge is -2.01. The van der Waals surface area contributed by atoms with Gasteiger partial charge >= 0.3 is 0 Å². The number of carbonyl (C=O) groups excluding carboxylic acids is 1. The van der Waals surface area contributed by atoms with Crippen LogP contribution in [0.3, 0.4) is 0 Å². The molecule has 0 aliphatic heterocycles. The first kappa shape index (κ1) is 19.0. The Morgan fingerprint density at radius 1 is 1.12 bits per heavy atom. The zero-order valence-corrected chi connectivity index (χ0v) is 17.0. The van der Waals surface area contributed by atoms with Crippen LogP contribution in [0, 0.1) is 0 Å². The van der Waals surface area contributed by atoms with Crippen molar-refractivity contribution in [3.05, 3.63) is 80.4 Å². The molecule has 0 fully saturated rings. The quantitative estimate of drug-likeness (QED) is 0.354. The lowest BCUT2D eigenvalue weighted by Crippen LogP contribution is -2.17. The molecule has 0 unspecified atom stereocenters. The molecule has 0 saturated carbocycles. The summed E-state index contributed by atoms with van der Waals surface area (Å²) < 4.78 is 6.53. The Balaban J connectivity index is 1.64. The van der Waals surface area contributed by atoms with Crippen LogP contribution in [0.1, 0.15) is 16.1 Å². The van der Waals surface area contributed by atoms with E-state index in [-0.39, 0.29) is 0 Å². The molecule has 4 nitrogen and oxygen atoms in total. The SMILES string of the molecule is O=C(N/N=C\c1cc(Br)c(Sc2ccccc2)o1)c1ccc(Cl)c(Cl)c1. The Kier molecular flexibility index (Phi) is 6.43. The Hall–Kier alpha value is -1.73. The van der Waals surface area contributed by atoms with E-state index in [9.17, 15) is 4.79 Å². The highest BCUT2D eigenvalue weighted by Gasteiger charge is 2.10. The molecule has 8 heteroatoms. The molecule has 1 amide bonds. The van der Waals surface area contributed by atoms with Crippen molar-refractivity contribution in [3.8, 4) is 0 Å². The summed E-state index contributed by atoms with van der Waals surface area (Å²) in [7, 11) is 0. The molecule has 0 aliphatic carbocycles. The van der Waals surface area contributed by atoms with Crippen molar-refractivity contribution in [2.75, 3.05) is 0 Å². The molecule has 0 radical (unpaired) electrons. The summed E-state index contributed by atoms with van der Waals surface area (Å²) in [5.41, 5.74) is 2.78. The van der Waals surface area contributed by atoms with Gasteiger partial charge in [-0.1, -0.05) is 53.2 Å². The molecule has 2 aromatic carbocycles. The number of nitrogens with zero attached hydrogens (tertiary/aromatic N) is 1. The number of hydrogen-bond donors (Lipinski definition) is 1. The van der Waals surface area contributed by atoms with Gasteiger partial charge < -0.3 is 4.42 Å². The minimum Gasteiger partial charge on any atom is -0.447 e. The van der Waals surface area contributed by atoms with Gasteiger partial charge in [-0.3, -0.25) is 4.79 Å². The number of amides is 1. The molecule has 26 heavy (non-hydrogen) atoms. The average Bonchev–Trinajstić information content (AvgIpc) is 2.97. The fourth-order valence-corrected chi connectivity index (χ4v) is 3.60. The van der Waals surface area contributed by atoms with Gasteiger partial charge in [-0.05, 0) is 46.3 Å². The van der Waals surface area contributed by atoms with Crippen LogP contribution in [-0.2, 0) is 0 Å². The molecular weight excluding hydrogens is 459 g/mol. The maximum absolute atomic E-state index is 12.0. The minimum absolute atomic E-state index is 0.306. The summed E-state index contributed by atoms with van der Waals surface area (Å²) in [6.45, 7) is 0. The van der Waals surface area contributed by atoms with Crippen molar-refractivity contribution >= 4 is 63.0 Å². The summed E-state index contributed by atoms with van der Waals surface area (Å²) in [6, 6.07) is 16.2. The van der Waals surface area contributed by atoms with E-state index in [0.717, 1.165) is 9.37 Å². The van der Waals surface area contributed by atoms with Crippen LogP contribution in [0.5, 0.6) is 0 Å². The van der Waals surface area contributed by atoms with Crippen LogP contribution in [0.15, 0.2) is 78.6 Å². The van der Waals surface area contributed by atoms with E-state index in [1.54, 1.807) is 18.2 Å². The fraction of sp³-hybridized carbons (Fsp3) is 0. The third-order valence-electron chi connectivity index (χ3n) is 3.17. The highest BCUT2D eigenvalue weighted by molar-refractivity contribution is 9.10. The number of hydrazone groups is 1. The summed E-state index contributed by atoms with van der Waals surface area (Å²) >= 11 is 16.7. The molecular formula is C18H11BrCl2N2O2S. The molecule has 0 aliphatic rings. The van der Waals surface area contributed by atoms with Gasteiger partial charge in [0.15, 0.2) is 5.09 Å². The molecule has 1 N–H and O–H groups in total. The van der Waals surface area contributed by atoms with Crippen LogP contribution in [-0.4, -0.2) is 12.1 Å². The normalized spacial score (nSPS) is 11.0. The molecule has 1 aromatic heterocycles. The van der Waals surface area contributed by atoms with Crippen molar-refractivity contribution < 1.29 is 9.21 Å². The first-order valence-electron chi connectivity index (χ1n) is 7.33. The van der Waals surface area contributed by atoms with Gasteiger partial charge in [0.1, 0.15) is 5.76 Å². The van der Waals surface area contributed by atoms with Crippen LogP contribution in [0.2, 0.25) is 10.0 Å². The molecule has 0 spiro atoms. The first-order valence-corrected chi connectivity index (χ1v) is 9.70. The van der Waals surface area contributed by atoms with Crippen LogP contribution in [0.25, 0.3) is 0 Å². The van der Waals surface area contributed by atoms with E-state index >= 15 is 0 Å². The van der Waals surface area contributed by atoms with Gasteiger partial charge in [0.2, 0.25) is 0 Å². The molecule has 0 atom stereocenters. The van der Waals surface area contributed by atoms with Crippen molar-refractivity contribution in [2.45, 2.75) is 9.99 Å². The molecule has 3 aromatic rings. The maximum atomic E-state index is 12.0. The van der Waals surface area contributed by atoms with E-state index in [1.165, 1.54) is 24.0 Å². The smallest absolute Gasteiger partial charge is 0.271 e. The topological polar surface area (TPSA) is 54.6 Å². The van der Waals surface area contributed by atoms with E-state index < -0.39 is 5.91 Å². The average molecular weight is 470 g/mol. The fourth-order valence-electron chi connectivity index (χ4n) is 1.95. The number of carbonyl (C=O) groups is 1. The largest absolute Gasteiger partial charge is 0.447 e. The predicted octanol–water partition coefficient (Wildman–Crippen LogP) is 6.26. The Morgan fingerprint density at radius 3 is 2.62 bits per heavy atom. The molecule has 3 rings (SSSR count). The number of hydrogen-bond acceptors (Lipinski definition) is 4. The van der Waals surface area contributed by atoms with Gasteiger partial charge in [0.05, 0.1) is 20.7 Å². The monoisotopic (exact) mass is 468 g/mol. The second-order valence-corrected chi connectivity index (χ2v) is 7.74. The lowest BCUT2D eigenvalue weighted by molar-refractivity contribution is 0.0955. The predicted molar refractivity (Wildman–Crippen MR) is 108 cm³/mol. The Labute approximate surface area is 172 Å². The zero-order chi connectivity index (χ0) is 18.5. The highest BCUT2D eigenvalue weighted by atomic mass is 79.9. The van der Waals surface area contributed by atoms with E-state index in [4.69, 9.17) is 27.6 Å². The van der Waals surface area contributed by atoms with Gasteiger partial charge in [-0.2, -0.15) is 5.10 Å². The number of furan rings is 1. The van der Waals surface area contributed by atoms with Crippen molar-refractivity contribution in [1.82, 2.24) is 5.43 Å². The minimum atomic E-state index is -0.399. The van der Waals surface area contributed by atoms with Crippen molar-refractivity contribution in [3.63, 3.8) is 0 Å². The highest BCUT2D eigenvalue weighted by Crippen LogP contribution is 2.35. The van der Waals surface area contributed by atoms with Crippen molar-refractivity contribution in [1.29, 1.82) is 0 Å². The summed E-state index contributed by atoms with van der Waals surface area (Å²) in [6.07, 6.45) is 1.43. The first-order chi connectivity index (χ1) is 12.5. The van der Waals surface area contributed by atoms with Gasteiger partial charge in [0.25, 0.3) is 5.91 Å². The number of rotatable bonds is 5. The maximum Gasteiger partial charge on any atom is 0.271 e. The second kappa shape index (κ2) is 8.77. The van der Waals surface area contributed by atoms with Gasteiger partial charge in [-0.25, -0.2) is 5.43 Å². The summed E-state index contributed by atoms with van der Waals surface area (Å²) in [4.78, 5) is 13.1. The third kappa shape index (κ3) is 4.92. The lowest BCUT2D eigenvalue weighted by atomic mass is 10.2. The van der Waals surface area contributed by atoms with E-state index in [0.29, 0.717) is 26.5 Å². The van der Waals surface area contributed by atoms with Crippen LogP contribution >= 0.6 is 50.9 Å². The zero-order valence-electron chi connectivity index (χ0n) is 13.1. The Bertz CT molecular complexity index is 961. The number of nitrogens with one attached hydrogen (secondary N) is 1. The van der Waals surface area contributed by atoms with Gasteiger partial charge in [0, 0.05) is 16.5 Å². The van der Waals surface area contributed by atoms with E-state index in [2.05, 4.69) is 26.5 Å². The van der Waals surface area contributed by atoms with Gasteiger partial charge in [-0.15, -0.1) is 0 Å². The third-order valence-corrected chi connectivity index (χ3v) is 5.75. The number of benzene rings is 2. The summed E-state index contributed by atoms with van der Waals surface area (Å²) in [5, 5.41) is 5.30. The standard InChI is InChI=1S/C18H11BrCl2N2O2S/c19-14-9-12(25-18(14)26-13-4-2-1-3-5-13)10-22-23-17(24)11-6-7-15(20)16(21)8-11/h1-10H,(H,23,24)/b22-10-.